The van der Waals surface area contributed by atoms with Gasteiger partial charge in [-0.05, 0) is 5.56 Å². The van der Waals surface area contributed by atoms with Gasteiger partial charge < -0.3 is 15.4 Å². The molecule has 8 nitrogen and oxygen atoms in total. The Kier molecular flexibility index (Phi) is 6.95. The molecule has 0 radical (unpaired) electrons. The first-order valence-corrected chi connectivity index (χ1v) is 9.12. The fraction of sp³-hybridized carbons (Fsp3) is 0.421. The summed E-state index contributed by atoms with van der Waals surface area (Å²) in [6.45, 7) is 5.01. The summed E-state index contributed by atoms with van der Waals surface area (Å²) in [6, 6.07) is 9.42. The average molecular weight is 371 g/mol. The summed E-state index contributed by atoms with van der Waals surface area (Å²) in [7, 11) is 0. The van der Waals surface area contributed by atoms with Crippen molar-refractivity contribution in [3.05, 3.63) is 48.3 Å². The van der Waals surface area contributed by atoms with Crippen LogP contribution < -0.4 is 10.6 Å². The summed E-state index contributed by atoms with van der Waals surface area (Å²) in [4.78, 5) is 26.2. The molecule has 1 aromatic heterocycles. The van der Waals surface area contributed by atoms with Gasteiger partial charge in [0.2, 0.25) is 11.8 Å². The molecule has 2 amide bonds. The summed E-state index contributed by atoms with van der Waals surface area (Å²) in [6.07, 6.45) is 3.67. The summed E-state index contributed by atoms with van der Waals surface area (Å²) >= 11 is 0. The topological polar surface area (TPSA) is 88.5 Å². The molecule has 8 heteroatoms. The molecule has 0 bridgehead atoms. The molecule has 3 rings (SSSR count). The second-order valence-corrected chi connectivity index (χ2v) is 6.43. The van der Waals surface area contributed by atoms with Gasteiger partial charge in [0.15, 0.2) is 0 Å². The second kappa shape index (κ2) is 9.84. The highest BCUT2D eigenvalue weighted by Crippen LogP contribution is 2.05. The molecule has 0 saturated carbocycles. The van der Waals surface area contributed by atoms with Crippen molar-refractivity contribution in [2.75, 3.05) is 44.7 Å². The first-order valence-electron chi connectivity index (χ1n) is 9.12. The summed E-state index contributed by atoms with van der Waals surface area (Å²) < 4.78 is 7.14. The number of hydrogen-bond donors (Lipinski definition) is 2. The molecular formula is C19H25N5O3. The number of ether oxygens (including phenoxy) is 1. The van der Waals surface area contributed by atoms with E-state index in [-0.39, 0.29) is 24.8 Å². The van der Waals surface area contributed by atoms with Crippen LogP contribution in [-0.2, 0) is 27.3 Å². The van der Waals surface area contributed by atoms with Crippen molar-refractivity contribution in [2.45, 2.75) is 13.0 Å². The van der Waals surface area contributed by atoms with Crippen LogP contribution in [0.1, 0.15) is 5.56 Å². The van der Waals surface area contributed by atoms with Gasteiger partial charge in [-0.15, -0.1) is 0 Å². The molecule has 27 heavy (non-hydrogen) atoms. The van der Waals surface area contributed by atoms with Crippen LogP contribution in [0.4, 0.5) is 5.69 Å². The van der Waals surface area contributed by atoms with E-state index in [4.69, 9.17) is 4.74 Å². The van der Waals surface area contributed by atoms with Crippen LogP contribution in [0.3, 0.4) is 0 Å². The number of morpholine rings is 1. The third kappa shape index (κ3) is 6.50. The van der Waals surface area contributed by atoms with Gasteiger partial charge in [-0.1, -0.05) is 30.3 Å². The Hall–Kier alpha value is -2.71. The summed E-state index contributed by atoms with van der Waals surface area (Å²) in [5, 5.41) is 9.64. The average Bonchev–Trinajstić information content (AvgIpc) is 3.14. The molecule has 1 saturated heterocycles. The highest BCUT2D eigenvalue weighted by molar-refractivity contribution is 5.94. The minimum absolute atomic E-state index is 0.0649. The van der Waals surface area contributed by atoms with Gasteiger partial charge >= 0.3 is 0 Å². The number of aromatic nitrogens is 2. The minimum atomic E-state index is -0.274. The predicted octanol–water partition coefficient (Wildman–Crippen LogP) is 0.513. The quantitative estimate of drug-likeness (QED) is 0.706. The Balaban J connectivity index is 1.36. The van der Waals surface area contributed by atoms with Gasteiger partial charge in [0.25, 0.3) is 0 Å². The zero-order valence-electron chi connectivity index (χ0n) is 15.3. The number of rotatable bonds is 8. The van der Waals surface area contributed by atoms with Crippen LogP contribution in [0.5, 0.6) is 0 Å². The number of nitrogens with zero attached hydrogens (tertiary/aromatic N) is 3. The molecule has 2 aromatic rings. The fourth-order valence-corrected chi connectivity index (χ4v) is 2.85. The maximum absolute atomic E-state index is 12.0. The van der Waals surface area contributed by atoms with Gasteiger partial charge in [-0.2, -0.15) is 5.10 Å². The molecule has 1 aliphatic rings. The van der Waals surface area contributed by atoms with E-state index >= 15 is 0 Å². The monoisotopic (exact) mass is 371 g/mol. The zero-order chi connectivity index (χ0) is 18.9. The number of nitrogens with one attached hydrogen (secondary N) is 2. The maximum atomic E-state index is 12.0. The van der Waals surface area contributed by atoms with Crippen molar-refractivity contribution < 1.29 is 14.3 Å². The Bertz CT molecular complexity index is 741. The maximum Gasteiger partial charge on any atom is 0.243 e. The Morgan fingerprint density at radius 2 is 1.85 bits per heavy atom. The molecule has 0 unspecified atom stereocenters. The highest BCUT2D eigenvalue weighted by atomic mass is 16.5. The predicted molar refractivity (Wildman–Crippen MR) is 101 cm³/mol. The SMILES string of the molecule is O=C(Cc1ccccc1)NCC(=O)Nc1cnn(CCN2CCOCC2)c1. The molecule has 0 aliphatic carbocycles. The number of hydrogen-bond acceptors (Lipinski definition) is 5. The molecule has 2 heterocycles. The van der Waals surface area contributed by atoms with Crippen molar-refractivity contribution in [2.24, 2.45) is 0 Å². The number of carbonyl (C=O) groups excluding carboxylic acids is 2. The Morgan fingerprint density at radius 1 is 1.07 bits per heavy atom. The number of amides is 2. The molecular weight excluding hydrogens is 346 g/mol. The fourth-order valence-electron chi connectivity index (χ4n) is 2.85. The van der Waals surface area contributed by atoms with Crippen molar-refractivity contribution >= 4 is 17.5 Å². The van der Waals surface area contributed by atoms with Crippen molar-refractivity contribution in [3.8, 4) is 0 Å². The largest absolute Gasteiger partial charge is 0.379 e. The molecule has 1 aliphatic heterocycles. The van der Waals surface area contributed by atoms with Crippen LogP contribution >= 0.6 is 0 Å². The standard InChI is InChI=1S/C19H25N5O3/c25-18(12-16-4-2-1-3-5-16)20-14-19(26)22-17-13-21-24(15-17)7-6-23-8-10-27-11-9-23/h1-5,13,15H,6-12,14H2,(H,20,25)(H,22,26). The van der Waals surface area contributed by atoms with Crippen LogP contribution in [0, 0.1) is 0 Å². The molecule has 2 N–H and O–H groups in total. The Labute approximate surface area is 158 Å². The van der Waals surface area contributed by atoms with Crippen LogP contribution in [-0.4, -0.2) is 65.9 Å². The third-order valence-electron chi connectivity index (χ3n) is 4.32. The van der Waals surface area contributed by atoms with Gasteiger partial charge in [-0.3, -0.25) is 19.2 Å². The smallest absolute Gasteiger partial charge is 0.243 e. The van der Waals surface area contributed by atoms with Gasteiger partial charge in [-0.25, -0.2) is 0 Å². The van der Waals surface area contributed by atoms with Crippen LogP contribution in [0.15, 0.2) is 42.7 Å². The lowest BCUT2D eigenvalue weighted by Gasteiger charge is -2.26. The third-order valence-corrected chi connectivity index (χ3v) is 4.32. The van der Waals surface area contributed by atoms with E-state index in [1.165, 1.54) is 0 Å². The van der Waals surface area contributed by atoms with E-state index in [9.17, 15) is 9.59 Å². The normalized spacial score (nSPS) is 14.7. The zero-order valence-corrected chi connectivity index (χ0v) is 15.3. The molecule has 1 fully saturated rings. The second-order valence-electron chi connectivity index (χ2n) is 6.43. The van der Waals surface area contributed by atoms with E-state index in [0.717, 1.165) is 45.0 Å². The number of benzene rings is 1. The molecule has 144 valence electrons. The van der Waals surface area contributed by atoms with E-state index in [0.29, 0.717) is 5.69 Å². The molecule has 1 aromatic carbocycles. The first kappa shape index (κ1) is 19.1. The van der Waals surface area contributed by atoms with Gasteiger partial charge in [0, 0.05) is 25.8 Å². The summed E-state index contributed by atoms with van der Waals surface area (Å²) in [5.41, 5.74) is 1.54. The van der Waals surface area contributed by atoms with Crippen LogP contribution in [0.2, 0.25) is 0 Å². The lowest BCUT2D eigenvalue weighted by atomic mass is 10.1. The van der Waals surface area contributed by atoms with Crippen molar-refractivity contribution in [3.63, 3.8) is 0 Å². The van der Waals surface area contributed by atoms with E-state index in [2.05, 4.69) is 20.6 Å². The van der Waals surface area contributed by atoms with E-state index in [1.807, 2.05) is 30.3 Å². The Morgan fingerprint density at radius 3 is 2.63 bits per heavy atom. The van der Waals surface area contributed by atoms with E-state index < -0.39 is 0 Å². The van der Waals surface area contributed by atoms with Gasteiger partial charge in [0.05, 0.1) is 44.6 Å². The van der Waals surface area contributed by atoms with E-state index in [1.54, 1.807) is 17.1 Å². The minimum Gasteiger partial charge on any atom is -0.379 e. The number of carbonyl (C=O) groups is 2. The van der Waals surface area contributed by atoms with Crippen molar-refractivity contribution in [1.82, 2.24) is 20.0 Å². The lowest BCUT2D eigenvalue weighted by Crippen LogP contribution is -2.38. The first-order chi connectivity index (χ1) is 13.2. The lowest BCUT2D eigenvalue weighted by molar-refractivity contribution is -0.123. The number of anilines is 1. The van der Waals surface area contributed by atoms with Crippen LogP contribution in [0.25, 0.3) is 0 Å². The van der Waals surface area contributed by atoms with Crippen molar-refractivity contribution in [1.29, 1.82) is 0 Å². The molecule has 0 spiro atoms. The van der Waals surface area contributed by atoms with Gasteiger partial charge in [0.1, 0.15) is 0 Å². The highest BCUT2D eigenvalue weighted by Gasteiger charge is 2.11. The summed E-state index contributed by atoms with van der Waals surface area (Å²) in [5.74, 6) is -0.457. The molecule has 0 atom stereocenters.